The summed E-state index contributed by atoms with van der Waals surface area (Å²) in [6.07, 6.45) is 10.6. The van der Waals surface area contributed by atoms with Crippen LogP contribution in [0.25, 0.3) is 17.1 Å². The molecule has 3 aromatic rings. The van der Waals surface area contributed by atoms with Crippen LogP contribution in [0.1, 0.15) is 50.6 Å². The molecule has 3 aliphatic rings. The van der Waals surface area contributed by atoms with Crippen LogP contribution in [0, 0.1) is 12.3 Å². The van der Waals surface area contributed by atoms with Crippen molar-refractivity contribution in [1.82, 2.24) is 25.0 Å². The van der Waals surface area contributed by atoms with Gasteiger partial charge in [-0.25, -0.2) is 18.9 Å². The van der Waals surface area contributed by atoms with Crippen molar-refractivity contribution in [3.05, 3.63) is 36.2 Å². The molecular weight excluding hydrogens is 500 g/mol. The molecule has 2 N–H and O–H groups in total. The Labute approximate surface area is 226 Å². The molecule has 0 radical (unpaired) electrons. The maximum absolute atomic E-state index is 12.3. The third-order valence-electron chi connectivity index (χ3n) is 8.09. The van der Waals surface area contributed by atoms with Gasteiger partial charge >= 0.3 is 0 Å². The SMILES string of the molecule is Cc1cc(-c2cn(-c3ccc(NS(=O)CCO)cc3N3CCC4(CC3)CC4)nn2)nc(N2CCCCC2)n1. The third-order valence-corrected chi connectivity index (χ3v) is 9.11. The molecule has 11 heteroatoms. The molecule has 1 aliphatic carbocycles. The largest absolute Gasteiger partial charge is 0.395 e. The summed E-state index contributed by atoms with van der Waals surface area (Å²) < 4.78 is 17.1. The molecule has 1 saturated carbocycles. The number of rotatable bonds is 8. The second-order valence-corrected chi connectivity index (χ2v) is 12.2. The van der Waals surface area contributed by atoms with E-state index in [0.29, 0.717) is 11.1 Å². The Morgan fingerprint density at radius 2 is 1.74 bits per heavy atom. The number of aryl methyl sites for hydroxylation is 1. The maximum Gasteiger partial charge on any atom is 0.226 e. The number of anilines is 3. The average molecular weight is 537 g/mol. The Kier molecular flexibility index (Phi) is 7.05. The van der Waals surface area contributed by atoms with Crippen molar-refractivity contribution in [2.75, 3.05) is 53.1 Å². The van der Waals surface area contributed by atoms with Gasteiger partial charge in [-0.1, -0.05) is 5.21 Å². The zero-order chi connectivity index (χ0) is 26.1. The Morgan fingerprint density at radius 1 is 0.947 bits per heavy atom. The normalized spacial score (nSPS) is 19.5. The van der Waals surface area contributed by atoms with Crippen molar-refractivity contribution in [3.8, 4) is 17.1 Å². The quantitative estimate of drug-likeness (QED) is 0.450. The summed E-state index contributed by atoms with van der Waals surface area (Å²) in [6.45, 7) is 5.82. The second-order valence-electron chi connectivity index (χ2n) is 10.9. The summed E-state index contributed by atoms with van der Waals surface area (Å²) in [6, 6.07) is 7.91. The molecule has 202 valence electrons. The van der Waals surface area contributed by atoms with Crippen molar-refractivity contribution in [1.29, 1.82) is 0 Å². The number of nitrogens with one attached hydrogen (secondary N) is 1. The first-order valence-corrected chi connectivity index (χ1v) is 15.0. The lowest BCUT2D eigenvalue weighted by Gasteiger charge is -2.35. The lowest BCUT2D eigenvalue weighted by molar-refractivity contribution is 0.321. The molecule has 1 spiro atoms. The van der Waals surface area contributed by atoms with Gasteiger partial charge in [0, 0.05) is 37.6 Å². The predicted molar refractivity (Wildman–Crippen MR) is 150 cm³/mol. The van der Waals surface area contributed by atoms with Crippen LogP contribution in [0.4, 0.5) is 17.3 Å². The van der Waals surface area contributed by atoms with Crippen LogP contribution in [0.3, 0.4) is 0 Å². The molecule has 0 bridgehead atoms. The van der Waals surface area contributed by atoms with Gasteiger partial charge in [0.2, 0.25) is 5.95 Å². The van der Waals surface area contributed by atoms with Crippen LogP contribution in [0.2, 0.25) is 0 Å². The number of hydrogen-bond donors (Lipinski definition) is 2. The summed E-state index contributed by atoms with van der Waals surface area (Å²) in [5.74, 6) is 0.955. The topological polar surface area (TPSA) is 112 Å². The molecule has 3 fully saturated rings. The molecule has 2 aliphatic heterocycles. The number of nitrogens with zero attached hydrogens (tertiary/aromatic N) is 7. The maximum atomic E-state index is 12.3. The fraction of sp³-hybridized carbons (Fsp3) is 0.556. The van der Waals surface area contributed by atoms with Crippen molar-refractivity contribution in [2.45, 2.75) is 51.9 Å². The molecule has 1 atom stereocenters. The van der Waals surface area contributed by atoms with E-state index in [1.807, 2.05) is 42.1 Å². The molecule has 6 rings (SSSR count). The van der Waals surface area contributed by atoms with E-state index < -0.39 is 11.0 Å². The van der Waals surface area contributed by atoms with E-state index in [0.717, 1.165) is 60.6 Å². The van der Waals surface area contributed by atoms with E-state index in [9.17, 15) is 4.21 Å². The predicted octanol–water partition coefficient (Wildman–Crippen LogP) is 3.47. The average Bonchev–Trinajstić information content (AvgIpc) is 3.49. The van der Waals surface area contributed by atoms with Gasteiger partial charge < -0.3 is 19.6 Å². The number of piperidine rings is 2. The molecule has 0 amide bonds. The van der Waals surface area contributed by atoms with Gasteiger partial charge in [0.05, 0.1) is 35.6 Å². The standard InChI is InChI=1S/C27H36N8O2S/c1-20-17-22(29-26(28-20)34-11-3-2-4-12-34)23-19-35(32-30-23)24-6-5-21(31-38(37)16-15-36)18-25(24)33-13-9-27(7-8-27)10-14-33/h5-6,17-19,31,36H,2-4,7-16H2,1H3. The number of aliphatic hydroxyl groups is 1. The minimum absolute atomic E-state index is 0.123. The van der Waals surface area contributed by atoms with Crippen LogP contribution >= 0.6 is 0 Å². The van der Waals surface area contributed by atoms with Gasteiger partial charge in [-0.3, -0.25) is 0 Å². The lowest BCUT2D eigenvalue weighted by Crippen LogP contribution is -2.35. The number of benzene rings is 1. The third kappa shape index (κ3) is 5.40. The Balaban J connectivity index is 1.31. The van der Waals surface area contributed by atoms with Crippen LogP contribution in [0.15, 0.2) is 30.5 Å². The van der Waals surface area contributed by atoms with E-state index in [2.05, 4.69) is 24.8 Å². The first-order chi connectivity index (χ1) is 18.5. The summed E-state index contributed by atoms with van der Waals surface area (Å²) in [5, 5.41) is 18.2. The Morgan fingerprint density at radius 3 is 2.47 bits per heavy atom. The van der Waals surface area contributed by atoms with Crippen LogP contribution < -0.4 is 14.5 Å². The Bertz CT molecular complexity index is 1310. The zero-order valence-corrected chi connectivity index (χ0v) is 22.8. The van der Waals surface area contributed by atoms with E-state index >= 15 is 0 Å². The van der Waals surface area contributed by atoms with Crippen molar-refractivity contribution < 1.29 is 9.32 Å². The summed E-state index contributed by atoms with van der Waals surface area (Å²) in [5.41, 5.74) is 5.69. The van der Waals surface area contributed by atoms with Gasteiger partial charge in [0.15, 0.2) is 0 Å². The van der Waals surface area contributed by atoms with Crippen molar-refractivity contribution in [3.63, 3.8) is 0 Å². The van der Waals surface area contributed by atoms with E-state index in [-0.39, 0.29) is 12.4 Å². The fourth-order valence-corrected chi connectivity index (χ4v) is 6.27. The molecule has 2 saturated heterocycles. The molecule has 38 heavy (non-hydrogen) atoms. The lowest BCUT2D eigenvalue weighted by atomic mass is 9.93. The first kappa shape index (κ1) is 25.2. The van der Waals surface area contributed by atoms with Crippen LogP contribution in [0.5, 0.6) is 0 Å². The van der Waals surface area contributed by atoms with Gasteiger partial charge in [-0.15, -0.1) is 5.10 Å². The van der Waals surface area contributed by atoms with Crippen LogP contribution in [-0.2, 0) is 11.0 Å². The van der Waals surface area contributed by atoms with E-state index in [1.165, 1.54) is 44.9 Å². The fourth-order valence-electron chi connectivity index (χ4n) is 5.62. The summed E-state index contributed by atoms with van der Waals surface area (Å²) in [7, 11) is -1.34. The van der Waals surface area contributed by atoms with Crippen molar-refractivity contribution in [2.24, 2.45) is 5.41 Å². The van der Waals surface area contributed by atoms with Gasteiger partial charge in [-0.05, 0) is 81.5 Å². The van der Waals surface area contributed by atoms with Gasteiger partial charge in [0.25, 0.3) is 0 Å². The summed E-state index contributed by atoms with van der Waals surface area (Å²) >= 11 is 0. The van der Waals surface area contributed by atoms with Crippen molar-refractivity contribution >= 4 is 28.3 Å². The molecule has 10 nitrogen and oxygen atoms in total. The van der Waals surface area contributed by atoms with Crippen LogP contribution in [-0.4, -0.2) is 72.8 Å². The highest BCUT2D eigenvalue weighted by Crippen LogP contribution is 2.54. The highest BCUT2D eigenvalue weighted by Gasteiger charge is 2.44. The molecule has 2 aromatic heterocycles. The minimum Gasteiger partial charge on any atom is -0.395 e. The van der Waals surface area contributed by atoms with E-state index in [1.54, 1.807) is 0 Å². The zero-order valence-electron chi connectivity index (χ0n) is 22.0. The smallest absolute Gasteiger partial charge is 0.226 e. The molecule has 4 heterocycles. The highest BCUT2D eigenvalue weighted by molar-refractivity contribution is 7.86. The Hall–Kier alpha value is -3.05. The second kappa shape index (κ2) is 10.6. The monoisotopic (exact) mass is 536 g/mol. The number of hydrogen-bond acceptors (Lipinski definition) is 8. The molecular formula is C27H36N8O2S. The van der Waals surface area contributed by atoms with Gasteiger partial charge in [0.1, 0.15) is 16.7 Å². The number of aliphatic hydroxyl groups excluding tert-OH is 1. The minimum atomic E-state index is -1.34. The number of aromatic nitrogens is 5. The van der Waals surface area contributed by atoms with Gasteiger partial charge in [-0.2, -0.15) is 0 Å². The highest BCUT2D eigenvalue weighted by atomic mass is 32.2. The molecule has 1 unspecified atom stereocenters. The van der Waals surface area contributed by atoms with E-state index in [4.69, 9.17) is 15.1 Å². The molecule has 1 aromatic carbocycles. The summed E-state index contributed by atoms with van der Waals surface area (Å²) in [4.78, 5) is 14.2. The first-order valence-electron chi connectivity index (χ1n) is 13.7.